The van der Waals surface area contributed by atoms with Crippen LogP contribution < -0.4 is 10.6 Å². The van der Waals surface area contributed by atoms with Crippen molar-refractivity contribution in [3.05, 3.63) is 41.7 Å². The first kappa shape index (κ1) is 20.4. The zero-order valence-corrected chi connectivity index (χ0v) is 18.7. The van der Waals surface area contributed by atoms with Gasteiger partial charge in [-0.2, -0.15) is 0 Å². The van der Waals surface area contributed by atoms with Crippen molar-refractivity contribution >= 4 is 39.7 Å². The monoisotopic (exact) mass is 467 g/mol. The van der Waals surface area contributed by atoms with E-state index in [4.69, 9.17) is 16.6 Å². The number of urea groups is 1. The van der Waals surface area contributed by atoms with E-state index in [1.165, 1.54) is 12.3 Å². The maximum Gasteiger partial charge on any atom is 0.314 e. The summed E-state index contributed by atoms with van der Waals surface area (Å²) in [5, 5.41) is 7.81. The standard InChI is InChI=1S/C23H23ClFN7O/c1-26-23(33)30-18-11-2-4-12(5-3-11)19(18)32-10-17(24)16-9-29-21(31-22(16)32)15-8-28-20-14(15)6-13(25)7-27-20/h6-12,18-19H,2-5H2,1H3,(H,27,28)(H2,26,30,33)/t11?,12?,18-,19-/m0/s1. The van der Waals surface area contributed by atoms with E-state index in [0.717, 1.165) is 31.1 Å². The molecule has 0 unspecified atom stereocenters. The van der Waals surface area contributed by atoms with Crippen LogP contribution in [0.15, 0.2) is 30.9 Å². The number of hydrogen-bond donors (Lipinski definition) is 3. The molecule has 0 spiro atoms. The molecule has 2 atom stereocenters. The minimum absolute atomic E-state index is 0.00563. The Morgan fingerprint density at radius 2 is 1.97 bits per heavy atom. The zero-order valence-electron chi connectivity index (χ0n) is 18.0. The summed E-state index contributed by atoms with van der Waals surface area (Å²) in [7, 11) is 1.63. The lowest BCUT2D eigenvalue weighted by molar-refractivity contribution is 0.0649. The molecule has 0 radical (unpaired) electrons. The Morgan fingerprint density at radius 1 is 1.18 bits per heavy atom. The van der Waals surface area contributed by atoms with Gasteiger partial charge < -0.3 is 20.2 Å². The highest BCUT2D eigenvalue weighted by Crippen LogP contribution is 2.49. The first-order valence-electron chi connectivity index (χ1n) is 11.2. The van der Waals surface area contributed by atoms with Crippen molar-refractivity contribution < 1.29 is 9.18 Å². The first-order chi connectivity index (χ1) is 16.0. The van der Waals surface area contributed by atoms with Crippen LogP contribution in [0.5, 0.6) is 0 Å². The fourth-order valence-electron chi connectivity index (χ4n) is 5.76. The molecule has 0 aromatic carbocycles. The number of pyridine rings is 1. The lowest BCUT2D eigenvalue weighted by Crippen LogP contribution is -2.55. The van der Waals surface area contributed by atoms with Gasteiger partial charge in [-0.3, -0.25) is 0 Å². The van der Waals surface area contributed by atoms with Gasteiger partial charge in [-0.05, 0) is 43.6 Å². The Hall–Kier alpha value is -3.20. The van der Waals surface area contributed by atoms with Crippen LogP contribution in [0.1, 0.15) is 31.7 Å². The highest BCUT2D eigenvalue weighted by atomic mass is 35.5. The zero-order chi connectivity index (χ0) is 22.7. The summed E-state index contributed by atoms with van der Waals surface area (Å²) in [5.74, 6) is 0.886. The van der Waals surface area contributed by atoms with Crippen LogP contribution in [-0.2, 0) is 0 Å². The molecule has 7 rings (SSSR count). The van der Waals surface area contributed by atoms with Gasteiger partial charge in [0, 0.05) is 36.6 Å². The van der Waals surface area contributed by atoms with Crippen LogP contribution in [0.2, 0.25) is 5.02 Å². The summed E-state index contributed by atoms with van der Waals surface area (Å²) in [6.45, 7) is 0. The summed E-state index contributed by atoms with van der Waals surface area (Å²) in [5.41, 5.74) is 1.96. The van der Waals surface area contributed by atoms with Gasteiger partial charge in [0.2, 0.25) is 0 Å². The van der Waals surface area contributed by atoms with Crippen molar-refractivity contribution in [1.82, 2.24) is 35.1 Å². The lowest BCUT2D eigenvalue weighted by Gasteiger charge is -2.49. The van der Waals surface area contributed by atoms with Gasteiger partial charge in [0.1, 0.15) is 17.1 Å². The van der Waals surface area contributed by atoms with Gasteiger partial charge >= 0.3 is 6.03 Å². The summed E-state index contributed by atoms with van der Waals surface area (Å²) in [4.78, 5) is 28.8. The predicted molar refractivity (Wildman–Crippen MR) is 123 cm³/mol. The van der Waals surface area contributed by atoms with Gasteiger partial charge in [-0.25, -0.2) is 24.1 Å². The van der Waals surface area contributed by atoms with Crippen molar-refractivity contribution in [2.45, 2.75) is 37.8 Å². The van der Waals surface area contributed by atoms with E-state index < -0.39 is 5.82 Å². The Bertz CT molecular complexity index is 1370. The minimum atomic E-state index is -0.419. The van der Waals surface area contributed by atoms with Gasteiger partial charge in [0.15, 0.2) is 5.82 Å². The van der Waals surface area contributed by atoms with E-state index in [0.29, 0.717) is 44.9 Å². The topological polar surface area (TPSA) is 101 Å². The molecule has 170 valence electrons. The third kappa shape index (κ3) is 3.25. The van der Waals surface area contributed by atoms with E-state index in [1.54, 1.807) is 19.4 Å². The minimum Gasteiger partial charge on any atom is -0.345 e. The van der Waals surface area contributed by atoms with Crippen molar-refractivity contribution in [2.75, 3.05) is 7.05 Å². The average molecular weight is 468 g/mol. The molecule has 3 aliphatic carbocycles. The quantitative estimate of drug-likeness (QED) is 0.415. The number of halogens is 2. The number of aromatic amines is 1. The molecule has 0 aliphatic heterocycles. The number of nitrogens with zero attached hydrogens (tertiary/aromatic N) is 4. The first-order valence-corrected chi connectivity index (χ1v) is 11.6. The number of aromatic nitrogens is 5. The molecule has 3 aliphatic rings. The lowest BCUT2D eigenvalue weighted by atomic mass is 9.64. The number of rotatable bonds is 3. The molecule has 2 bridgehead atoms. The molecule has 3 fully saturated rings. The van der Waals surface area contributed by atoms with Crippen LogP contribution in [0, 0.1) is 17.7 Å². The van der Waals surface area contributed by atoms with E-state index in [1.807, 2.05) is 6.20 Å². The van der Waals surface area contributed by atoms with Gasteiger partial charge in [-0.15, -0.1) is 0 Å². The van der Waals surface area contributed by atoms with Crippen LogP contribution in [0.25, 0.3) is 33.5 Å². The third-order valence-corrected chi connectivity index (χ3v) is 7.58. The maximum absolute atomic E-state index is 13.9. The summed E-state index contributed by atoms with van der Waals surface area (Å²) < 4.78 is 16.0. The Labute approximate surface area is 194 Å². The van der Waals surface area contributed by atoms with Crippen molar-refractivity contribution in [3.63, 3.8) is 0 Å². The number of amides is 2. The average Bonchev–Trinajstić information content (AvgIpc) is 3.40. The second-order valence-corrected chi connectivity index (χ2v) is 9.39. The summed E-state index contributed by atoms with van der Waals surface area (Å²) in [6, 6.07) is 1.30. The number of fused-ring (bicyclic) bond motifs is 5. The van der Waals surface area contributed by atoms with Crippen molar-refractivity contribution in [3.8, 4) is 11.4 Å². The molecule has 3 saturated carbocycles. The van der Waals surface area contributed by atoms with E-state index in [9.17, 15) is 9.18 Å². The number of nitrogens with one attached hydrogen (secondary N) is 3. The van der Waals surface area contributed by atoms with E-state index in [2.05, 4.69) is 30.2 Å². The smallest absolute Gasteiger partial charge is 0.314 e. The molecule has 0 saturated heterocycles. The molecular formula is C23H23ClFN7O. The second-order valence-electron chi connectivity index (χ2n) is 8.98. The molecule has 4 aromatic heterocycles. The van der Waals surface area contributed by atoms with Crippen LogP contribution >= 0.6 is 11.6 Å². The SMILES string of the molecule is CNC(=O)N[C@H]1C2CCC(CC2)[C@@H]1n1cc(Cl)c2cnc(-c3c[nH]c4ncc(F)cc34)nc21. The fraction of sp³-hybridized carbons (Fsp3) is 0.391. The molecule has 10 heteroatoms. The van der Waals surface area contributed by atoms with E-state index >= 15 is 0 Å². The Morgan fingerprint density at radius 3 is 2.76 bits per heavy atom. The van der Waals surface area contributed by atoms with Gasteiger partial charge in [-0.1, -0.05) is 11.6 Å². The third-order valence-electron chi connectivity index (χ3n) is 7.28. The van der Waals surface area contributed by atoms with Crippen LogP contribution in [0.3, 0.4) is 0 Å². The van der Waals surface area contributed by atoms with E-state index in [-0.39, 0.29) is 18.1 Å². The maximum atomic E-state index is 13.9. The second kappa shape index (κ2) is 7.69. The van der Waals surface area contributed by atoms with Gasteiger partial charge in [0.05, 0.1) is 28.7 Å². The number of hydrogen-bond acceptors (Lipinski definition) is 4. The van der Waals surface area contributed by atoms with Crippen LogP contribution in [-0.4, -0.2) is 43.6 Å². The van der Waals surface area contributed by atoms with Gasteiger partial charge in [0.25, 0.3) is 0 Å². The van der Waals surface area contributed by atoms with Crippen molar-refractivity contribution in [1.29, 1.82) is 0 Å². The summed E-state index contributed by atoms with van der Waals surface area (Å²) in [6.07, 6.45) is 11.0. The van der Waals surface area contributed by atoms with Crippen molar-refractivity contribution in [2.24, 2.45) is 11.8 Å². The normalized spacial score (nSPS) is 24.5. The molecule has 4 aromatic rings. The van der Waals surface area contributed by atoms with Crippen LogP contribution in [0.4, 0.5) is 9.18 Å². The number of H-pyrrole nitrogens is 1. The number of carbonyl (C=O) groups excluding carboxylic acids is 1. The predicted octanol–water partition coefficient (Wildman–Crippen LogP) is 4.43. The fourth-order valence-corrected chi connectivity index (χ4v) is 5.99. The molecular weight excluding hydrogens is 445 g/mol. The molecule has 33 heavy (non-hydrogen) atoms. The summed E-state index contributed by atoms with van der Waals surface area (Å²) >= 11 is 6.61. The largest absolute Gasteiger partial charge is 0.345 e. The molecule has 2 amide bonds. The highest BCUT2D eigenvalue weighted by molar-refractivity contribution is 6.35. The Balaban J connectivity index is 1.49. The molecule has 3 N–H and O–H groups in total. The Kier molecular flexibility index (Phi) is 4.76. The highest BCUT2D eigenvalue weighted by Gasteiger charge is 2.45. The molecule has 8 nitrogen and oxygen atoms in total. The number of carbonyl (C=O) groups is 1. The molecule has 4 heterocycles.